The second-order valence-electron chi connectivity index (χ2n) is 7.29. The zero-order valence-electron chi connectivity index (χ0n) is 14.8. The molecule has 26 heavy (non-hydrogen) atoms. The van der Waals surface area contributed by atoms with E-state index in [0.717, 1.165) is 29.4 Å². The number of aromatic nitrogens is 1. The molecule has 0 bridgehead atoms. The average Bonchev–Trinajstić information content (AvgIpc) is 3.27. The molecule has 0 spiro atoms. The topological polar surface area (TPSA) is 72.6 Å². The van der Waals surface area contributed by atoms with E-state index in [-0.39, 0.29) is 17.4 Å². The summed E-state index contributed by atoms with van der Waals surface area (Å²) in [5.74, 6) is 0.726. The first kappa shape index (κ1) is 17.6. The number of halogens is 1. The van der Waals surface area contributed by atoms with Crippen LogP contribution in [0.15, 0.2) is 18.2 Å². The molecule has 1 aliphatic carbocycles. The highest BCUT2D eigenvalue weighted by Crippen LogP contribution is 2.45. The average molecular weight is 379 g/mol. The van der Waals surface area contributed by atoms with Crippen LogP contribution in [0.2, 0.25) is 5.02 Å². The summed E-state index contributed by atoms with van der Waals surface area (Å²) in [5.41, 5.74) is 1.70. The largest absolute Gasteiger partial charge is 0.489 e. The number of amides is 1. The Kier molecular flexibility index (Phi) is 4.82. The number of ether oxygens (including phenoxy) is 3. The fourth-order valence-electron chi connectivity index (χ4n) is 3.02. The Balaban J connectivity index is 1.41. The maximum Gasteiger partial charge on any atom is 0.226 e. The summed E-state index contributed by atoms with van der Waals surface area (Å²) >= 11 is 6.35. The Morgan fingerprint density at radius 1 is 1.38 bits per heavy atom. The number of fused-ring (bicyclic) bond motifs is 1. The number of carbonyl (C=O) groups is 1. The molecular weight excluding hydrogens is 356 g/mol. The van der Waals surface area contributed by atoms with E-state index in [2.05, 4.69) is 10.3 Å². The number of hydrogen-bond donors (Lipinski definition) is 2. The van der Waals surface area contributed by atoms with Gasteiger partial charge in [0.2, 0.25) is 5.91 Å². The molecule has 1 atom stereocenters. The molecule has 1 aromatic carbocycles. The number of nitrogens with one attached hydrogen (secondary N) is 2. The van der Waals surface area contributed by atoms with E-state index in [4.69, 9.17) is 25.8 Å². The summed E-state index contributed by atoms with van der Waals surface area (Å²) in [6.45, 7) is 4.62. The van der Waals surface area contributed by atoms with Gasteiger partial charge in [-0.15, -0.1) is 0 Å². The van der Waals surface area contributed by atoms with Gasteiger partial charge >= 0.3 is 0 Å². The van der Waals surface area contributed by atoms with Gasteiger partial charge in [0, 0.05) is 28.1 Å². The Bertz CT molecular complexity index is 809. The molecule has 1 amide bonds. The molecule has 1 aliphatic heterocycles. The van der Waals surface area contributed by atoms with Crippen molar-refractivity contribution < 1.29 is 19.0 Å². The SMILES string of the molecule is CC1(C(=O)NCc2cc3cc(Cl)c(OC[C@H]4COCCO4)cc3[nH]2)CC1. The van der Waals surface area contributed by atoms with Crippen LogP contribution in [0.5, 0.6) is 5.75 Å². The van der Waals surface area contributed by atoms with Crippen LogP contribution >= 0.6 is 11.6 Å². The van der Waals surface area contributed by atoms with Gasteiger partial charge in [0.05, 0.1) is 31.4 Å². The van der Waals surface area contributed by atoms with Crippen molar-refractivity contribution in [1.82, 2.24) is 10.3 Å². The van der Waals surface area contributed by atoms with Crippen molar-refractivity contribution in [2.45, 2.75) is 32.4 Å². The summed E-state index contributed by atoms with van der Waals surface area (Å²) in [6.07, 6.45) is 1.86. The standard InChI is InChI=1S/C19H23ClN2O4/c1-19(2-3-19)18(23)21-9-13-6-12-7-15(20)17(8-16(12)22-13)26-11-14-10-24-4-5-25-14/h6-8,14,22H,2-5,9-11H2,1H3,(H,21,23)/t14-/m1/s1. The predicted molar refractivity (Wildman–Crippen MR) is 98.6 cm³/mol. The predicted octanol–water partition coefficient (Wildman–Crippen LogP) is 3.03. The quantitative estimate of drug-likeness (QED) is 0.810. The number of rotatable bonds is 6. The highest BCUT2D eigenvalue weighted by Gasteiger charge is 2.44. The molecule has 0 radical (unpaired) electrons. The van der Waals surface area contributed by atoms with E-state index in [1.165, 1.54) is 0 Å². The zero-order chi connectivity index (χ0) is 18.1. The molecule has 1 aromatic heterocycles. The highest BCUT2D eigenvalue weighted by molar-refractivity contribution is 6.32. The molecule has 0 unspecified atom stereocenters. The third-order valence-electron chi connectivity index (χ3n) is 5.03. The molecule has 6 nitrogen and oxygen atoms in total. The number of benzene rings is 1. The lowest BCUT2D eigenvalue weighted by molar-refractivity contribution is -0.125. The lowest BCUT2D eigenvalue weighted by atomic mass is 10.1. The van der Waals surface area contributed by atoms with Gasteiger partial charge in [0.1, 0.15) is 18.5 Å². The summed E-state index contributed by atoms with van der Waals surface area (Å²) in [4.78, 5) is 15.4. The molecule has 2 fully saturated rings. The maximum atomic E-state index is 12.1. The van der Waals surface area contributed by atoms with Gasteiger partial charge in [0.15, 0.2) is 0 Å². The van der Waals surface area contributed by atoms with Crippen LogP contribution < -0.4 is 10.1 Å². The molecule has 2 heterocycles. The number of H-pyrrole nitrogens is 1. The minimum absolute atomic E-state index is 0.0753. The lowest BCUT2D eigenvalue weighted by Crippen LogP contribution is -2.33. The summed E-state index contributed by atoms with van der Waals surface area (Å²) in [5, 5.41) is 4.53. The van der Waals surface area contributed by atoms with Gasteiger partial charge in [-0.1, -0.05) is 18.5 Å². The van der Waals surface area contributed by atoms with E-state index >= 15 is 0 Å². The molecule has 1 saturated heterocycles. The van der Waals surface area contributed by atoms with Gasteiger partial charge in [-0.05, 0) is 25.0 Å². The first-order valence-corrected chi connectivity index (χ1v) is 9.33. The van der Waals surface area contributed by atoms with E-state index < -0.39 is 0 Å². The van der Waals surface area contributed by atoms with Crippen molar-refractivity contribution in [3.63, 3.8) is 0 Å². The van der Waals surface area contributed by atoms with Gasteiger partial charge in [-0.25, -0.2) is 0 Å². The number of hydrogen-bond acceptors (Lipinski definition) is 4. The van der Waals surface area contributed by atoms with Crippen LogP contribution in [-0.2, 0) is 20.8 Å². The molecule has 2 aliphatic rings. The zero-order valence-corrected chi connectivity index (χ0v) is 15.5. The summed E-state index contributed by atoms with van der Waals surface area (Å²) in [7, 11) is 0. The van der Waals surface area contributed by atoms with Crippen molar-refractivity contribution in [3.8, 4) is 5.75 Å². The van der Waals surface area contributed by atoms with Crippen molar-refractivity contribution in [2.75, 3.05) is 26.4 Å². The second-order valence-corrected chi connectivity index (χ2v) is 7.69. The molecule has 1 saturated carbocycles. The third-order valence-corrected chi connectivity index (χ3v) is 5.32. The van der Waals surface area contributed by atoms with E-state index in [1.54, 1.807) is 0 Å². The van der Waals surface area contributed by atoms with Gasteiger partial charge in [-0.3, -0.25) is 4.79 Å². The number of aromatic amines is 1. The minimum atomic E-state index is -0.165. The number of carbonyl (C=O) groups excluding carboxylic acids is 1. The fraction of sp³-hybridized carbons (Fsp3) is 0.526. The van der Waals surface area contributed by atoms with Crippen molar-refractivity contribution in [1.29, 1.82) is 0 Å². The van der Waals surface area contributed by atoms with E-state index in [0.29, 0.717) is 43.7 Å². The first-order valence-electron chi connectivity index (χ1n) is 8.95. The Labute approximate surface area is 157 Å². The second kappa shape index (κ2) is 7.10. The Hall–Kier alpha value is -1.76. The van der Waals surface area contributed by atoms with Crippen LogP contribution in [0.25, 0.3) is 10.9 Å². The minimum Gasteiger partial charge on any atom is -0.489 e. The molecule has 140 valence electrons. The van der Waals surface area contributed by atoms with Crippen molar-refractivity contribution in [2.24, 2.45) is 5.41 Å². The van der Waals surface area contributed by atoms with Crippen molar-refractivity contribution >= 4 is 28.4 Å². The summed E-state index contributed by atoms with van der Waals surface area (Å²) in [6, 6.07) is 5.75. The normalized spacial score (nSPS) is 21.5. The maximum absolute atomic E-state index is 12.1. The lowest BCUT2D eigenvalue weighted by Gasteiger charge is -2.23. The Morgan fingerprint density at radius 3 is 2.96 bits per heavy atom. The van der Waals surface area contributed by atoms with Crippen LogP contribution in [-0.4, -0.2) is 43.4 Å². The molecule has 7 heteroatoms. The Morgan fingerprint density at radius 2 is 2.23 bits per heavy atom. The highest BCUT2D eigenvalue weighted by atomic mass is 35.5. The fourth-order valence-corrected chi connectivity index (χ4v) is 3.24. The molecule has 2 N–H and O–H groups in total. The van der Waals surface area contributed by atoms with Crippen LogP contribution in [0.1, 0.15) is 25.5 Å². The van der Waals surface area contributed by atoms with E-state index in [1.807, 2.05) is 25.1 Å². The molecular formula is C19H23ClN2O4. The van der Waals surface area contributed by atoms with Gasteiger partial charge < -0.3 is 24.5 Å². The van der Waals surface area contributed by atoms with Crippen LogP contribution in [0.4, 0.5) is 0 Å². The monoisotopic (exact) mass is 378 g/mol. The molecule has 2 aromatic rings. The summed E-state index contributed by atoms with van der Waals surface area (Å²) < 4.78 is 16.8. The molecule has 4 rings (SSSR count). The van der Waals surface area contributed by atoms with Crippen LogP contribution in [0.3, 0.4) is 0 Å². The third kappa shape index (κ3) is 3.82. The van der Waals surface area contributed by atoms with Crippen LogP contribution in [0, 0.1) is 5.41 Å². The smallest absolute Gasteiger partial charge is 0.226 e. The first-order chi connectivity index (χ1) is 12.5. The van der Waals surface area contributed by atoms with Gasteiger partial charge in [-0.2, -0.15) is 0 Å². The van der Waals surface area contributed by atoms with Gasteiger partial charge in [0.25, 0.3) is 0 Å². The van der Waals surface area contributed by atoms with E-state index in [9.17, 15) is 4.79 Å². The van der Waals surface area contributed by atoms with Crippen molar-refractivity contribution in [3.05, 3.63) is 28.9 Å².